The average molecular weight is 502 g/mol. The van der Waals surface area contributed by atoms with Crippen LogP contribution in [-0.4, -0.2) is 34.5 Å². The first-order chi connectivity index (χ1) is 16.8. The van der Waals surface area contributed by atoms with Crippen LogP contribution >= 0.6 is 11.3 Å². The van der Waals surface area contributed by atoms with Gasteiger partial charge in [-0.25, -0.2) is 13.8 Å². The van der Waals surface area contributed by atoms with Crippen molar-refractivity contribution in [2.75, 3.05) is 17.3 Å². The molecule has 0 bridgehead atoms. The Bertz CT molecular complexity index is 1240. The van der Waals surface area contributed by atoms with Crippen LogP contribution in [0.3, 0.4) is 0 Å². The number of carbonyl (C=O) groups is 2. The maximum absolute atomic E-state index is 13.0. The standard InChI is InChI=1S/C25H29F2N5O2S/c1-31(24(34)14-5-3-2-4-6-14)16-7-8-19-18(13-16)29-25(32(19)17-11-15(28)12-17)30-23(33)21-10-9-20(35-21)22(26)27/h7-10,13-15,17,22H,2-6,11-12,28H2,1H3,(H,29,30,33). The van der Waals surface area contributed by atoms with Crippen LogP contribution in [-0.2, 0) is 4.79 Å². The number of benzene rings is 1. The summed E-state index contributed by atoms with van der Waals surface area (Å²) in [5.74, 6) is 0.0472. The minimum Gasteiger partial charge on any atom is -0.328 e. The Balaban J connectivity index is 1.44. The van der Waals surface area contributed by atoms with Gasteiger partial charge in [-0.1, -0.05) is 19.3 Å². The quantitative estimate of drug-likeness (QED) is 0.467. The molecule has 3 aromatic rings. The van der Waals surface area contributed by atoms with Crippen molar-refractivity contribution in [3.05, 3.63) is 40.1 Å². The molecule has 0 spiro atoms. The highest BCUT2D eigenvalue weighted by Crippen LogP contribution is 2.38. The molecule has 7 nitrogen and oxygen atoms in total. The first kappa shape index (κ1) is 23.9. The molecule has 2 aliphatic carbocycles. The zero-order valence-corrected chi connectivity index (χ0v) is 20.4. The monoisotopic (exact) mass is 501 g/mol. The summed E-state index contributed by atoms with van der Waals surface area (Å²) in [6.07, 6.45) is 4.10. The fourth-order valence-corrected chi connectivity index (χ4v) is 5.86. The van der Waals surface area contributed by atoms with E-state index in [2.05, 4.69) is 10.3 Å². The van der Waals surface area contributed by atoms with Gasteiger partial charge in [0.2, 0.25) is 11.9 Å². The van der Waals surface area contributed by atoms with Crippen LogP contribution in [0.25, 0.3) is 11.0 Å². The lowest BCUT2D eigenvalue weighted by atomic mass is 9.87. The van der Waals surface area contributed by atoms with Crippen molar-refractivity contribution >= 4 is 45.8 Å². The summed E-state index contributed by atoms with van der Waals surface area (Å²) >= 11 is 0.769. The molecule has 0 radical (unpaired) electrons. The second-order valence-corrected chi connectivity index (χ2v) is 10.7. The maximum Gasteiger partial charge on any atom is 0.272 e. The molecule has 186 valence electrons. The Labute approximate surface area is 206 Å². The molecule has 2 amide bonds. The van der Waals surface area contributed by atoms with Gasteiger partial charge in [0.25, 0.3) is 12.3 Å². The molecule has 3 N–H and O–H groups in total. The summed E-state index contributed by atoms with van der Waals surface area (Å²) in [6, 6.07) is 8.52. The minimum absolute atomic E-state index is 0.0530. The first-order valence-electron chi connectivity index (χ1n) is 12.1. The molecule has 0 saturated heterocycles. The number of hydrogen-bond acceptors (Lipinski definition) is 5. The van der Waals surface area contributed by atoms with Gasteiger partial charge in [0.15, 0.2) is 0 Å². The minimum atomic E-state index is -2.62. The van der Waals surface area contributed by atoms with Crippen LogP contribution < -0.4 is 16.0 Å². The summed E-state index contributed by atoms with van der Waals surface area (Å²) in [6.45, 7) is 0. The van der Waals surface area contributed by atoms with Crippen LogP contribution in [0, 0.1) is 5.92 Å². The first-order valence-corrected chi connectivity index (χ1v) is 12.9. The molecule has 0 aliphatic heterocycles. The average Bonchev–Trinajstić information content (AvgIpc) is 3.46. The van der Waals surface area contributed by atoms with Crippen LogP contribution in [0.1, 0.15) is 72.0 Å². The topological polar surface area (TPSA) is 93.2 Å². The lowest BCUT2D eigenvalue weighted by Crippen LogP contribution is -2.38. The van der Waals surface area contributed by atoms with Crippen LogP contribution in [0.15, 0.2) is 30.3 Å². The Morgan fingerprint density at radius 2 is 1.91 bits per heavy atom. The van der Waals surface area contributed by atoms with Gasteiger partial charge in [-0.15, -0.1) is 11.3 Å². The van der Waals surface area contributed by atoms with Gasteiger partial charge < -0.3 is 15.2 Å². The van der Waals surface area contributed by atoms with Gasteiger partial charge in [-0.3, -0.25) is 14.9 Å². The third-order valence-electron chi connectivity index (χ3n) is 7.15. The number of hydrogen-bond donors (Lipinski definition) is 2. The second-order valence-electron chi connectivity index (χ2n) is 9.55. The van der Waals surface area contributed by atoms with Crippen LogP contribution in [0.2, 0.25) is 0 Å². The molecule has 2 heterocycles. The van der Waals surface area contributed by atoms with Gasteiger partial charge in [-0.05, 0) is 56.0 Å². The third kappa shape index (κ3) is 4.69. The SMILES string of the molecule is CN(C(=O)C1CCCCC1)c1ccc2c(c1)nc(NC(=O)c1ccc(C(F)F)s1)n2C1CC(N)C1. The highest BCUT2D eigenvalue weighted by Gasteiger charge is 2.32. The number of carbonyl (C=O) groups excluding carboxylic acids is 2. The second kappa shape index (κ2) is 9.66. The van der Waals surface area contributed by atoms with E-state index in [1.165, 1.54) is 18.6 Å². The number of imidazole rings is 1. The Morgan fingerprint density at radius 1 is 1.17 bits per heavy atom. The lowest BCUT2D eigenvalue weighted by molar-refractivity contribution is -0.123. The predicted octanol–water partition coefficient (Wildman–Crippen LogP) is 5.49. The Hall–Kier alpha value is -2.85. The fraction of sp³-hybridized carbons (Fsp3) is 0.480. The number of nitrogens with two attached hydrogens (primary N) is 1. The van der Waals surface area contributed by atoms with Crippen molar-refractivity contribution < 1.29 is 18.4 Å². The summed E-state index contributed by atoms with van der Waals surface area (Å²) < 4.78 is 27.9. The summed E-state index contributed by atoms with van der Waals surface area (Å²) in [5, 5.41) is 2.81. The number of rotatable bonds is 6. The van der Waals surface area contributed by atoms with E-state index in [1.54, 1.807) is 11.9 Å². The number of amides is 2. The molecule has 0 unspecified atom stereocenters. The number of halogens is 2. The molecular formula is C25H29F2N5O2S. The van der Waals surface area contributed by atoms with Crippen molar-refractivity contribution in [2.45, 2.75) is 63.5 Å². The molecule has 0 atom stereocenters. The van der Waals surface area contributed by atoms with Crippen molar-refractivity contribution in [1.82, 2.24) is 9.55 Å². The molecule has 10 heteroatoms. The molecule has 1 aromatic carbocycles. The Kier molecular flexibility index (Phi) is 6.59. The van der Waals surface area contributed by atoms with Gasteiger partial charge >= 0.3 is 0 Å². The van der Waals surface area contributed by atoms with Crippen LogP contribution in [0.4, 0.5) is 20.4 Å². The summed E-state index contributed by atoms with van der Waals surface area (Å²) in [4.78, 5) is 32.3. The Morgan fingerprint density at radius 3 is 2.57 bits per heavy atom. The van der Waals surface area contributed by atoms with E-state index in [0.717, 1.165) is 61.1 Å². The lowest BCUT2D eigenvalue weighted by Gasteiger charge is -2.34. The predicted molar refractivity (Wildman–Crippen MR) is 133 cm³/mol. The smallest absolute Gasteiger partial charge is 0.272 e. The number of nitrogens with zero attached hydrogens (tertiary/aromatic N) is 3. The number of anilines is 2. The molecule has 2 aliphatic rings. The van der Waals surface area contributed by atoms with Crippen molar-refractivity contribution in [3.8, 4) is 0 Å². The van der Waals surface area contributed by atoms with Crippen LogP contribution in [0.5, 0.6) is 0 Å². The third-order valence-corrected chi connectivity index (χ3v) is 8.24. The molecule has 5 rings (SSSR count). The molecular weight excluding hydrogens is 472 g/mol. The maximum atomic E-state index is 13.0. The van der Waals surface area contributed by atoms with E-state index < -0.39 is 12.3 Å². The van der Waals surface area contributed by atoms with E-state index in [4.69, 9.17) is 5.73 Å². The number of nitrogens with one attached hydrogen (secondary N) is 1. The van der Waals surface area contributed by atoms with Gasteiger partial charge in [-0.2, -0.15) is 0 Å². The largest absolute Gasteiger partial charge is 0.328 e. The molecule has 2 aromatic heterocycles. The zero-order chi connectivity index (χ0) is 24.7. The summed E-state index contributed by atoms with van der Waals surface area (Å²) in [5.41, 5.74) is 8.26. The molecule has 35 heavy (non-hydrogen) atoms. The van der Waals surface area contributed by atoms with E-state index in [-0.39, 0.29) is 33.7 Å². The van der Waals surface area contributed by atoms with E-state index in [9.17, 15) is 18.4 Å². The highest BCUT2D eigenvalue weighted by atomic mass is 32.1. The van der Waals surface area contributed by atoms with Gasteiger partial charge in [0.1, 0.15) is 0 Å². The zero-order valence-electron chi connectivity index (χ0n) is 19.5. The van der Waals surface area contributed by atoms with Gasteiger partial charge in [0, 0.05) is 30.7 Å². The fourth-order valence-electron chi connectivity index (χ4n) is 5.10. The number of fused-ring (bicyclic) bond motifs is 1. The van der Waals surface area contributed by atoms with E-state index >= 15 is 0 Å². The van der Waals surface area contributed by atoms with Crippen molar-refractivity contribution in [2.24, 2.45) is 11.7 Å². The summed E-state index contributed by atoms with van der Waals surface area (Å²) in [7, 11) is 1.79. The highest BCUT2D eigenvalue weighted by molar-refractivity contribution is 7.14. The molecule has 2 fully saturated rings. The number of thiophene rings is 1. The van der Waals surface area contributed by atoms with Gasteiger partial charge in [0.05, 0.1) is 20.8 Å². The number of alkyl halides is 2. The normalized spacial score (nSPS) is 20.7. The van der Waals surface area contributed by atoms with Crippen molar-refractivity contribution in [1.29, 1.82) is 0 Å². The van der Waals surface area contributed by atoms with E-state index in [1.807, 2.05) is 22.8 Å². The van der Waals surface area contributed by atoms with E-state index in [0.29, 0.717) is 11.5 Å². The molecule has 2 saturated carbocycles. The van der Waals surface area contributed by atoms with Crippen molar-refractivity contribution in [3.63, 3.8) is 0 Å². The number of aromatic nitrogens is 2.